The van der Waals surface area contributed by atoms with Gasteiger partial charge in [-0.15, -0.1) is 0 Å². The summed E-state index contributed by atoms with van der Waals surface area (Å²) in [6.07, 6.45) is -0.602. The zero-order valence-corrected chi connectivity index (χ0v) is 15.5. The van der Waals surface area contributed by atoms with Gasteiger partial charge in [0.05, 0.1) is 0 Å². The Hall–Kier alpha value is -2.86. The first-order chi connectivity index (χ1) is 13.1. The van der Waals surface area contributed by atoms with Crippen molar-refractivity contribution >= 4 is 12.0 Å². The van der Waals surface area contributed by atoms with E-state index in [1.807, 2.05) is 67.7 Å². The van der Waals surface area contributed by atoms with E-state index in [0.29, 0.717) is 13.1 Å². The maximum Gasteiger partial charge on any atom is 0.408 e. The molecule has 0 aliphatic carbocycles. The number of hydrogen-bond donors (Lipinski definition) is 1. The van der Waals surface area contributed by atoms with Crippen LogP contribution in [0.25, 0.3) is 0 Å². The standard InChI is InChI=1S/C21H25N3O3/c1-23-12-14-24(15-13-23)20(25)19(18-10-6-3-7-11-18)22-21(26)27-16-17-8-4-2-5-9-17/h2-11,19H,12-16H2,1H3,(H,22,26)/t19-/m1/s1. The molecule has 0 bridgehead atoms. The van der Waals surface area contributed by atoms with Gasteiger partial charge in [0.15, 0.2) is 0 Å². The number of alkyl carbamates (subject to hydrolysis) is 1. The van der Waals surface area contributed by atoms with E-state index in [1.54, 1.807) is 4.90 Å². The number of ether oxygens (including phenoxy) is 1. The minimum absolute atomic E-state index is 0.106. The van der Waals surface area contributed by atoms with Gasteiger partial charge in [-0.2, -0.15) is 0 Å². The first-order valence-corrected chi connectivity index (χ1v) is 9.13. The molecule has 3 rings (SSSR count). The second kappa shape index (κ2) is 9.19. The number of benzene rings is 2. The molecule has 2 aromatic rings. The molecule has 27 heavy (non-hydrogen) atoms. The number of nitrogens with one attached hydrogen (secondary N) is 1. The van der Waals surface area contributed by atoms with Gasteiger partial charge in [-0.05, 0) is 18.2 Å². The van der Waals surface area contributed by atoms with Gasteiger partial charge in [-0.3, -0.25) is 4.79 Å². The molecule has 6 heteroatoms. The molecule has 1 saturated heterocycles. The van der Waals surface area contributed by atoms with Crippen LogP contribution in [0.1, 0.15) is 17.2 Å². The summed E-state index contributed by atoms with van der Waals surface area (Å²) in [5.41, 5.74) is 1.65. The predicted octanol–water partition coefficient (Wildman–Crippen LogP) is 2.43. The number of likely N-dealkylation sites (N-methyl/N-ethyl adjacent to an activating group) is 1. The lowest BCUT2D eigenvalue weighted by atomic mass is 10.1. The van der Waals surface area contributed by atoms with Crippen LogP contribution in [0.15, 0.2) is 60.7 Å². The molecule has 0 unspecified atom stereocenters. The fourth-order valence-electron chi connectivity index (χ4n) is 3.03. The number of carbonyl (C=O) groups is 2. The third-order valence-corrected chi connectivity index (χ3v) is 4.67. The van der Waals surface area contributed by atoms with Crippen LogP contribution in [0.3, 0.4) is 0 Å². The molecule has 2 amide bonds. The van der Waals surface area contributed by atoms with E-state index in [1.165, 1.54) is 0 Å². The molecule has 0 aromatic heterocycles. The monoisotopic (exact) mass is 367 g/mol. The molecule has 0 saturated carbocycles. The van der Waals surface area contributed by atoms with E-state index in [0.717, 1.165) is 24.2 Å². The van der Waals surface area contributed by atoms with Gasteiger partial charge in [-0.1, -0.05) is 60.7 Å². The number of rotatable bonds is 5. The molecule has 0 radical (unpaired) electrons. The highest BCUT2D eigenvalue weighted by molar-refractivity contribution is 5.87. The Morgan fingerprint density at radius 3 is 2.19 bits per heavy atom. The number of carbonyl (C=O) groups excluding carboxylic acids is 2. The van der Waals surface area contributed by atoms with Crippen LogP contribution < -0.4 is 5.32 Å². The summed E-state index contributed by atoms with van der Waals surface area (Å²) in [6.45, 7) is 3.12. The molecule has 1 heterocycles. The van der Waals surface area contributed by atoms with Crippen LogP contribution in [-0.4, -0.2) is 55.0 Å². The molecular formula is C21H25N3O3. The van der Waals surface area contributed by atoms with Crippen LogP contribution in [0.5, 0.6) is 0 Å². The molecule has 6 nitrogen and oxygen atoms in total. The smallest absolute Gasteiger partial charge is 0.408 e. The topological polar surface area (TPSA) is 61.9 Å². The Morgan fingerprint density at radius 1 is 0.963 bits per heavy atom. The highest BCUT2D eigenvalue weighted by Crippen LogP contribution is 2.17. The first kappa shape index (κ1) is 18.9. The van der Waals surface area contributed by atoms with Crippen molar-refractivity contribution in [2.45, 2.75) is 12.6 Å². The van der Waals surface area contributed by atoms with Crippen molar-refractivity contribution in [1.82, 2.24) is 15.1 Å². The Bertz CT molecular complexity index is 744. The number of piperazine rings is 1. The fraction of sp³-hybridized carbons (Fsp3) is 0.333. The largest absolute Gasteiger partial charge is 0.445 e. The molecular weight excluding hydrogens is 342 g/mol. The van der Waals surface area contributed by atoms with E-state index in [2.05, 4.69) is 10.2 Å². The maximum atomic E-state index is 13.1. The Kier molecular flexibility index (Phi) is 6.44. The van der Waals surface area contributed by atoms with Gasteiger partial charge < -0.3 is 19.9 Å². The highest BCUT2D eigenvalue weighted by Gasteiger charge is 2.29. The van der Waals surface area contributed by atoms with Crippen molar-refractivity contribution in [3.05, 3.63) is 71.8 Å². The minimum Gasteiger partial charge on any atom is -0.445 e. The van der Waals surface area contributed by atoms with Gasteiger partial charge in [-0.25, -0.2) is 4.79 Å². The van der Waals surface area contributed by atoms with Crippen molar-refractivity contribution in [3.8, 4) is 0 Å². The lowest BCUT2D eigenvalue weighted by Crippen LogP contribution is -2.51. The third-order valence-electron chi connectivity index (χ3n) is 4.67. The van der Waals surface area contributed by atoms with Crippen molar-refractivity contribution in [3.63, 3.8) is 0 Å². The third kappa shape index (κ3) is 5.31. The predicted molar refractivity (Wildman–Crippen MR) is 103 cm³/mol. The molecule has 1 atom stereocenters. The summed E-state index contributed by atoms with van der Waals surface area (Å²) < 4.78 is 5.31. The Balaban J connectivity index is 1.66. The first-order valence-electron chi connectivity index (χ1n) is 9.13. The molecule has 2 aromatic carbocycles. The molecule has 1 aliphatic rings. The number of hydrogen-bond acceptors (Lipinski definition) is 4. The number of nitrogens with zero attached hydrogens (tertiary/aromatic N) is 2. The lowest BCUT2D eigenvalue weighted by molar-refractivity contribution is -0.135. The van der Waals surface area contributed by atoms with E-state index in [4.69, 9.17) is 4.74 Å². The summed E-state index contributed by atoms with van der Waals surface area (Å²) in [6, 6.07) is 18.0. The summed E-state index contributed by atoms with van der Waals surface area (Å²) >= 11 is 0. The van der Waals surface area contributed by atoms with E-state index in [-0.39, 0.29) is 12.5 Å². The average molecular weight is 367 g/mol. The van der Waals surface area contributed by atoms with Crippen molar-refractivity contribution in [2.75, 3.05) is 33.2 Å². The van der Waals surface area contributed by atoms with Crippen molar-refractivity contribution in [2.24, 2.45) is 0 Å². The Morgan fingerprint density at radius 2 is 1.56 bits per heavy atom. The minimum atomic E-state index is -0.752. The van der Waals surface area contributed by atoms with Crippen molar-refractivity contribution < 1.29 is 14.3 Å². The SMILES string of the molecule is CN1CCN(C(=O)[C@H](NC(=O)OCc2ccccc2)c2ccccc2)CC1. The lowest BCUT2D eigenvalue weighted by Gasteiger charge is -2.34. The fourth-order valence-corrected chi connectivity index (χ4v) is 3.03. The van der Waals surface area contributed by atoms with Gasteiger partial charge >= 0.3 is 6.09 Å². The van der Waals surface area contributed by atoms with Crippen LogP contribution >= 0.6 is 0 Å². The second-order valence-corrected chi connectivity index (χ2v) is 6.68. The van der Waals surface area contributed by atoms with Crippen LogP contribution in [0.2, 0.25) is 0 Å². The highest BCUT2D eigenvalue weighted by atomic mass is 16.5. The second-order valence-electron chi connectivity index (χ2n) is 6.68. The van der Waals surface area contributed by atoms with Gasteiger partial charge in [0, 0.05) is 26.2 Å². The molecule has 0 spiro atoms. The van der Waals surface area contributed by atoms with Crippen LogP contribution in [0, 0.1) is 0 Å². The van der Waals surface area contributed by atoms with Crippen molar-refractivity contribution in [1.29, 1.82) is 0 Å². The van der Waals surface area contributed by atoms with Gasteiger partial charge in [0.1, 0.15) is 12.6 Å². The normalized spacial score (nSPS) is 15.8. The zero-order valence-electron chi connectivity index (χ0n) is 15.5. The van der Waals surface area contributed by atoms with E-state index >= 15 is 0 Å². The summed E-state index contributed by atoms with van der Waals surface area (Å²) in [5.74, 6) is -0.106. The average Bonchev–Trinajstić information content (AvgIpc) is 2.72. The van der Waals surface area contributed by atoms with Gasteiger partial charge in [0.2, 0.25) is 5.91 Å². The molecule has 142 valence electrons. The van der Waals surface area contributed by atoms with E-state index < -0.39 is 12.1 Å². The molecule has 1 N–H and O–H groups in total. The molecule has 1 fully saturated rings. The number of amides is 2. The molecule has 1 aliphatic heterocycles. The van der Waals surface area contributed by atoms with E-state index in [9.17, 15) is 9.59 Å². The quantitative estimate of drug-likeness (QED) is 0.882. The zero-order chi connectivity index (χ0) is 19.1. The summed E-state index contributed by atoms with van der Waals surface area (Å²) in [4.78, 5) is 29.4. The summed E-state index contributed by atoms with van der Waals surface area (Å²) in [7, 11) is 2.04. The summed E-state index contributed by atoms with van der Waals surface area (Å²) in [5, 5.41) is 2.75. The van der Waals surface area contributed by atoms with Crippen LogP contribution in [-0.2, 0) is 16.1 Å². The Labute approximate surface area is 159 Å². The maximum absolute atomic E-state index is 13.1. The van der Waals surface area contributed by atoms with Gasteiger partial charge in [0.25, 0.3) is 0 Å². The van der Waals surface area contributed by atoms with Crippen LogP contribution in [0.4, 0.5) is 4.79 Å².